The second-order valence-corrected chi connectivity index (χ2v) is 6.10. The Bertz CT molecular complexity index is 1020. The molecule has 0 amide bonds. The van der Waals surface area contributed by atoms with Crippen molar-refractivity contribution >= 4 is 37.5 Å². The standard InChI is InChI=1S/C13H7BrN4O3S/c14-9-2-1-8(20-9)11-17-16-10(21-11)5-18-6-15-12-7(13(18)19)3-4-22-12/h1-4,6H,5H2. The molecule has 0 N–H and O–H groups in total. The molecule has 0 saturated heterocycles. The fraction of sp³-hybridized carbons (Fsp3) is 0.0769. The Balaban J connectivity index is 1.67. The predicted octanol–water partition coefficient (Wildman–Crippen LogP) is 2.91. The zero-order valence-corrected chi connectivity index (χ0v) is 13.3. The smallest absolute Gasteiger partial charge is 0.283 e. The third kappa shape index (κ3) is 2.28. The molecular weight excluding hydrogens is 372 g/mol. The summed E-state index contributed by atoms with van der Waals surface area (Å²) < 4.78 is 12.9. The molecule has 0 aliphatic rings. The summed E-state index contributed by atoms with van der Waals surface area (Å²) >= 11 is 4.64. The van der Waals surface area contributed by atoms with E-state index >= 15 is 0 Å². The molecule has 22 heavy (non-hydrogen) atoms. The lowest BCUT2D eigenvalue weighted by Gasteiger charge is -2.00. The van der Waals surface area contributed by atoms with Crippen LogP contribution in [0.4, 0.5) is 0 Å². The van der Waals surface area contributed by atoms with Crippen molar-refractivity contribution in [1.82, 2.24) is 19.7 Å². The molecule has 0 fully saturated rings. The number of aromatic nitrogens is 4. The van der Waals surface area contributed by atoms with Gasteiger partial charge in [-0.1, -0.05) is 0 Å². The fourth-order valence-electron chi connectivity index (χ4n) is 2.00. The largest absolute Gasteiger partial charge is 0.444 e. The maximum Gasteiger partial charge on any atom is 0.283 e. The monoisotopic (exact) mass is 378 g/mol. The van der Waals surface area contributed by atoms with Crippen LogP contribution < -0.4 is 5.56 Å². The Kier molecular flexibility index (Phi) is 3.16. The number of hydrogen-bond donors (Lipinski definition) is 0. The van der Waals surface area contributed by atoms with E-state index in [1.807, 2.05) is 5.38 Å². The van der Waals surface area contributed by atoms with Gasteiger partial charge in [0.2, 0.25) is 5.89 Å². The zero-order valence-electron chi connectivity index (χ0n) is 10.9. The van der Waals surface area contributed by atoms with Crippen molar-refractivity contribution < 1.29 is 8.83 Å². The van der Waals surface area contributed by atoms with Gasteiger partial charge >= 0.3 is 0 Å². The van der Waals surface area contributed by atoms with E-state index in [0.717, 1.165) is 0 Å². The second kappa shape index (κ2) is 5.18. The van der Waals surface area contributed by atoms with E-state index < -0.39 is 0 Å². The van der Waals surface area contributed by atoms with E-state index in [1.54, 1.807) is 18.2 Å². The highest BCUT2D eigenvalue weighted by molar-refractivity contribution is 9.10. The molecule has 0 aliphatic heterocycles. The molecule has 110 valence electrons. The molecule has 4 rings (SSSR count). The summed E-state index contributed by atoms with van der Waals surface area (Å²) in [7, 11) is 0. The summed E-state index contributed by atoms with van der Waals surface area (Å²) in [5.74, 6) is 1.03. The summed E-state index contributed by atoms with van der Waals surface area (Å²) in [6.45, 7) is 0.159. The van der Waals surface area contributed by atoms with Crippen LogP contribution in [-0.2, 0) is 6.54 Å². The Morgan fingerprint density at radius 3 is 2.95 bits per heavy atom. The Morgan fingerprint density at radius 1 is 1.23 bits per heavy atom. The van der Waals surface area contributed by atoms with Crippen molar-refractivity contribution in [1.29, 1.82) is 0 Å². The quantitative estimate of drug-likeness (QED) is 0.544. The van der Waals surface area contributed by atoms with Gasteiger partial charge in [0.25, 0.3) is 11.4 Å². The number of fused-ring (bicyclic) bond motifs is 1. The van der Waals surface area contributed by atoms with Crippen LogP contribution in [0.1, 0.15) is 5.89 Å². The highest BCUT2D eigenvalue weighted by atomic mass is 79.9. The van der Waals surface area contributed by atoms with Crippen LogP contribution in [0.5, 0.6) is 0 Å². The molecule has 4 aromatic heterocycles. The van der Waals surface area contributed by atoms with E-state index in [0.29, 0.717) is 26.5 Å². The van der Waals surface area contributed by atoms with Crippen molar-refractivity contribution in [3.8, 4) is 11.7 Å². The third-order valence-corrected chi connectivity index (χ3v) is 4.25. The topological polar surface area (TPSA) is 87.0 Å². The molecule has 0 aromatic carbocycles. The van der Waals surface area contributed by atoms with Crippen LogP contribution in [0.3, 0.4) is 0 Å². The van der Waals surface area contributed by atoms with Gasteiger partial charge in [-0.3, -0.25) is 9.36 Å². The van der Waals surface area contributed by atoms with Gasteiger partial charge < -0.3 is 8.83 Å². The predicted molar refractivity (Wildman–Crippen MR) is 82.7 cm³/mol. The molecule has 7 nitrogen and oxygen atoms in total. The van der Waals surface area contributed by atoms with Crippen molar-refractivity contribution in [3.63, 3.8) is 0 Å². The molecule has 9 heteroatoms. The molecule has 0 unspecified atom stereocenters. The normalized spacial score (nSPS) is 11.3. The van der Waals surface area contributed by atoms with Gasteiger partial charge in [-0.2, -0.15) is 0 Å². The molecule has 0 atom stereocenters. The van der Waals surface area contributed by atoms with Gasteiger partial charge in [0.15, 0.2) is 10.4 Å². The molecule has 0 radical (unpaired) electrons. The first-order valence-electron chi connectivity index (χ1n) is 6.21. The minimum atomic E-state index is -0.133. The van der Waals surface area contributed by atoms with Gasteiger partial charge in [0.05, 0.1) is 11.7 Å². The maximum absolute atomic E-state index is 12.3. The van der Waals surface area contributed by atoms with Crippen LogP contribution in [0, 0.1) is 0 Å². The zero-order chi connectivity index (χ0) is 15.1. The second-order valence-electron chi connectivity index (χ2n) is 4.42. The average Bonchev–Trinajstić information content (AvgIpc) is 3.22. The van der Waals surface area contributed by atoms with Crippen molar-refractivity contribution in [3.05, 3.63) is 50.8 Å². The first kappa shape index (κ1) is 13.4. The number of furan rings is 1. The van der Waals surface area contributed by atoms with Crippen LogP contribution in [0.25, 0.3) is 21.9 Å². The van der Waals surface area contributed by atoms with Gasteiger partial charge in [0, 0.05) is 0 Å². The van der Waals surface area contributed by atoms with E-state index in [4.69, 9.17) is 8.83 Å². The third-order valence-electron chi connectivity index (χ3n) is 3.01. The number of hydrogen-bond acceptors (Lipinski definition) is 7. The van der Waals surface area contributed by atoms with Gasteiger partial charge in [-0.05, 0) is 39.5 Å². The van der Waals surface area contributed by atoms with Gasteiger partial charge in [-0.25, -0.2) is 4.98 Å². The summed E-state index contributed by atoms with van der Waals surface area (Å²) in [6, 6.07) is 5.20. The molecule has 4 heterocycles. The first-order chi connectivity index (χ1) is 10.7. The lowest BCUT2D eigenvalue weighted by Crippen LogP contribution is -2.20. The Morgan fingerprint density at radius 2 is 2.14 bits per heavy atom. The van der Waals surface area contributed by atoms with E-state index in [1.165, 1.54) is 22.2 Å². The van der Waals surface area contributed by atoms with Crippen LogP contribution >= 0.6 is 27.3 Å². The Labute approximate surface area is 135 Å². The number of halogens is 1. The highest BCUT2D eigenvalue weighted by Gasteiger charge is 2.14. The van der Waals surface area contributed by atoms with Gasteiger partial charge in [0.1, 0.15) is 11.4 Å². The summed E-state index contributed by atoms with van der Waals surface area (Å²) in [5, 5.41) is 10.3. The molecule has 0 spiro atoms. The molecule has 0 saturated carbocycles. The minimum absolute atomic E-state index is 0.133. The van der Waals surface area contributed by atoms with Crippen LogP contribution in [0.2, 0.25) is 0 Å². The molecule has 4 aromatic rings. The number of nitrogens with zero attached hydrogens (tertiary/aromatic N) is 4. The SMILES string of the molecule is O=c1c2ccsc2ncn1Cc1nnc(-c2ccc(Br)o2)o1. The van der Waals surface area contributed by atoms with E-state index in [-0.39, 0.29) is 18.0 Å². The fourth-order valence-corrected chi connectivity index (χ4v) is 3.03. The van der Waals surface area contributed by atoms with Gasteiger partial charge in [-0.15, -0.1) is 21.5 Å². The molecule has 0 aliphatic carbocycles. The van der Waals surface area contributed by atoms with Crippen molar-refractivity contribution in [2.24, 2.45) is 0 Å². The summed E-state index contributed by atoms with van der Waals surface area (Å²) in [4.78, 5) is 17.2. The average molecular weight is 379 g/mol. The number of thiophene rings is 1. The maximum atomic E-state index is 12.3. The van der Waals surface area contributed by atoms with Crippen molar-refractivity contribution in [2.75, 3.05) is 0 Å². The Hall–Kier alpha value is -2.26. The van der Waals surface area contributed by atoms with Crippen LogP contribution in [-0.4, -0.2) is 19.7 Å². The minimum Gasteiger partial charge on any atom is -0.444 e. The number of rotatable bonds is 3. The summed E-state index contributed by atoms with van der Waals surface area (Å²) in [5.41, 5.74) is -0.133. The molecular formula is C13H7BrN4O3S. The van der Waals surface area contributed by atoms with Crippen molar-refractivity contribution in [2.45, 2.75) is 6.54 Å². The lowest BCUT2D eigenvalue weighted by molar-refractivity contribution is 0.460. The highest BCUT2D eigenvalue weighted by Crippen LogP contribution is 2.23. The first-order valence-corrected chi connectivity index (χ1v) is 7.89. The lowest BCUT2D eigenvalue weighted by atomic mass is 10.4. The molecule has 0 bridgehead atoms. The van der Waals surface area contributed by atoms with Crippen LogP contribution in [0.15, 0.2) is 48.2 Å². The summed E-state index contributed by atoms with van der Waals surface area (Å²) in [6.07, 6.45) is 1.48. The van der Waals surface area contributed by atoms with E-state index in [9.17, 15) is 4.79 Å². The van der Waals surface area contributed by atoms with E-state index in [2.05, 4.69) is 31.1 Å².